The fourth-order valence-electron chi connectivity index (χ4n) is 3.57. The molecule has 0 atom stereocenters. The number of aliphatic carboxylic acids is 1. The zero-order valence-electron chi connectivity index (χ0n) is 15.5. The molecule has 3 nitrogen and oxygen atoms in total. The van der Waals surface area contributed by atoms with Gasteiger partial charge in [-0.05, 0) is 58.5 Å². The highest BCUT2D eigenvalue weighted by Crippen LogP contribution is 2.48. The van der Waals surface area contributed by atoms with Gasteiger partial charge in [0.2, 0.25) is 0 Å². The summed E-state index contributed by atoms with van der Waals surface area (Å²) in [5.74, 6) is 0.0226. The van der Waals surface area contributed by atoms with E-state index in [-0.39, 0.29) is 6.42 Å². The first-order chi connectivity index (χ1) is 13.7. The number of hydrogen-bond donors (Lipinski definition) is 1. The van der Waals surface area contributed by atoms with Gasteiger partial charge in [-0.15, -0.1) is 0 Å². The number of carbonyl (C=O) groups is 1. The first-order valence-electron chi connectivity index (χ1n) is 9.13. The van der Waals surface area contributed by atoms with Crippen molar-refractivity contribution >= 4 is 28.9 Å². The number of ether oxygens (including phenoxy) is 1. The van der Waals surface area contributed by atoms with Crippen LogP contribution in [0, 0.1) is 0 Å². The molecule has 0 spiro atoms. The van der Waals surface area contributed by atoms with Crippen LogP contribution in [0.15, 0.2) is 82.6 Å². The fourth-order valence-corrected chi connectivity index (χ4v) is 4.71. The van der Waals surface area contributed by atoms with E-state index in [2.05, 4.69) is 36.4 Å². The minimum Gasteiger partial charge on any atom is -0.497 e. The van der Waals surface area contributed by atoms with Crippen molar-refractivity contribution in [1.82, 2.24) is 0 Å². The second kappa shape index (κ2) is 7.95. The third-order valence-electron chi connectivity index (χ3n) is 4.84. The van der Waals surface area contributed by atoms with Crippen molar-refractivity contribution in [3.8, 4) is 5.75 Å². The Bertz CT molecular complexity index is 1050. The highest BCUT2D eigenvalue weighted by molar-refractivity contribution is 7.99. The number of rotatable bonds is 5. The maximum Gasteiger partial charge on any atom is 0.303 e. The lowest BCUT2D eigenvalue weighted by Gasteiger charge is -2.16. The van der Waals surface area contributed by atoms with Crippen molar-refractivity contribution in [2.45, 2.75) is 22.6 Å². The van der Waals surface area contributed by atoms with Gasteiger partial charge in [0.25, 0.3) is 0 Å². The minimum absolute atomic E-state index is 0.0934. The van der Waals surface area contributed by atoms with Gasteiger partial charge in [-0.2, -0.15) is 0 Å². The summed E-state index contributed by atoms with van der Waals surface area (Å²) >= 11 is 1.70. The van der Waals surface area contributed by atoms with E-state index >= 15 is 0 Å². The number of hydrogen-bond acceptors (Lipinski definition) is 3. The Morgan fingerprint density at radius 2 is 1.68 bits per heavy atom. The number of allylic oxidation sites excluding steroid dienone is 1. The molecule has 0 saturated carbocycles. The van der Waals surface area contributed by atoms with Crippen molar-refractivity contribution in [1.29, 1.82) is 0 Å². The molecular weight excluding hydrogens is 368 g/mol. The molecule has 140 valence electrons. The number of fused-ring (bicyclic) bond motifs is 2. The summed E-state index contributed by atoms with van der Waals surface area (Å²) in [5.41, 5.74) is 5.46. The van der Waals surface area contributed by atoms with E-state index < -0.39 is 5.97 Å². The van der Waals surface area contributed by atoms with E-state index in [9.17, 15) is 9.90 Å². The Labute approximate surface area is 168 Å². The molecule has 3 aromatic rings. The lowest BCUT2D eigenvalue weighted by Crippen LogP contribution is -2.00. The maximum atomic E-state index is 11.4. The lowest BCUT2D eigenvalue weighted by molar-refractivity contribution is -0.136. The Hall–Kier alpha value is -2.98. The molecule has 0 aliphatic carbocycles. The van der Waals surface area contributed by atoms with Crippen LogP contribution in [0.2, 0.25) is 0 Å². The highest BCUT2D eigenvalue weighted by Gasteiger charge is 2.24. The standard InChI is InChI=1S/C24H20O3S/c1-27-17-11-12-20-22(15-17)28-21-10-6-5-9-18(21)19(13-14-23(25)26)24(20)16-7-3-2-4-8-16/h2-12,15H,13-14H2,1H3,(H,25,26). The normalized spacial score (nSPS) is 12.8. The van der Waals surface area contributed by atoms with Crippen LogP contribution < -0.4 is 4.74 Å². The van der Waals surface area contributed by atoms with Crippen molar-refractivity contribution in [3.05, 3.63) is 89.5 Å². The number of benzene rings is 3. The zero-order valence-corrected chi connectivity index (χ0v) is 16.3. The molecule has 0 unspecified atom stereocenters. The topological polar surface area (TPSA) is 46.5 Å². The van der Waals surface area contributed by atoms with Crippen LogP contribution >= 0.6 is 11.8 Å². The molecular formula is C24H20O3S. The monoisotopic (exact) mass is 388 g/mol. The van der Waals surface area contributed by atoms with Crippen molar-refractivity contribution in [2.24, 2.45) is 0 Å². The van der Waals surface area contributed by atoms with E-state index in [4.69, 9.17) is 4.74 Å². The van der Waals surface area contributed by atoms with E-state index in [1.165, 1.54) is 0 Å². The molecule has 1 aliphatic rings. The van der Waals surface area contributed by atoms with Crippen LogP contribution in [0.3, 0.4) is 0 Å². The fraction of sp³-hybridized carbons (Fsp3) is 0.125. The molecule has 0 saturated heterocycles. The first-order valence-corrected chi connectivity index (χ1v) is 9.95. The molecule has 0 bridgehead atoms. The predicted octanol–water partition coefficient (Wildman–Crippen LogP) is 5.98. The van der Waals surface area contributed by atoms with Gasteiger partial charge in [0.1, 0.15) is 5.75 Å². The molecule has 0 radical (unpaired) electrons. The van der Waals surface area contributed by atoms with E-state index in [1.807, 2.05) is 36.4 Å². The van der Waals surface area contributed by atoms with E-state index in [0.29, 0.717) is 6.42 Å². The molecule has 0 aromatic heterocycles. The summed E-state index contributed by atoms with van der Waals surface area (Å²) in [5, 5.41) is 9.34. The molecule has 0 fully saturated rings. The smallest absolute Gasteiger partial charge is 0.303 e. The largest absolute Gasteiger partial charge is 0.497 e. The second-order valence-electron chi connectivity index (χ2n) is 6.57. The second-order valence-corrected chi connectivity index (χ2v) is 7.66. The average Bonchev–Trinajstić information content (AvgIpc) is 2.86. The predicted molar refractivity (Wildman–Crippen MR) is 113 cm³/mol. The summed E-state index contributed by atoms with van der Waals surface area (Å²) in [4.78, 5) is 13.6. The number of carboxylic acids is 1. The van der Waals surface area contributed by atoms with Gasteiger partial charge in [-0.25, -0.2) is 0 Å². The molecule has 0 amide bonds. The van der Waals surface area contributed by atoms with E-state index in [0.717, 1.165) is 43.4 Å². The molecule has 1 heterocycles. The van der Waals surface area contributed by atoms with Crippen LogP contribution in [-0.2, 0) is 4.79 Å². The van der Waals surface area contributed by atoms with Crippen LogP contribution in [-0.4, -0.2) is 18.2 Å². The third kappa shape index (κ3) is 3.56. The summed E-state index contributed by atoms with van der Waals surface area (Å²) in [6.45, 7) is 0. The molecule has 3 aromatic carbocycles. The van der Waals surface area contributed by atoms with Crippen molar-refractivity contribution < 1.29 is 14.6 Å². The van der Waals surface area contributed by atoms with Crippen LogP contribution in [0.4, 0.5) is 0 Å². The zero-order chi connectivity index (χ0) is 19.5. The number of methoxy groups -OCH3 is 1. The van der Waals surface area contributed by atoms with Gasteiger partial charge in [-0.1, -0.05) is 60.3 Å². The minimum atomic E-state index is -0.788. The summed E-state index contributed by atoms with van der Waals surface area (Å²) < 4.78 is 5.45. The molecule has 1 N–H and O–H groups in total. The van der Waals surface area contributed by atoms with Crippen molar-refractivity contribution in [3.63, 3.8) is 0 Å². The first kappa shape index (κ1) is 18.4. The van der Waals surface area contributed by atoms with Gasteiger partial charge >= 0.3 is 5.97 Å². The Balaban J connectivity index is 2.04. The maximum absolute atomic E-state index is 11.4. The summed E-state index contributed by atoms with van der Waals surface area (Å²) in [6.07, 6.45) is 0.568. The van der Waals surface area contributed by atoms with Crippen LogP contribution in [0.1, 0.15) is 29.5 Å². The third-order valence-corrected chi connectivity index (χ3v) is 5.98. The number of carboxylic acid groups (broad SMARTS) is 1. The Kier molecular flexibility index (Phi) is 5.22. The lowest BCUT2D eigenvalue weighted by atomic mass is 9.87. The van der Waals surface area contributed by atoms with Crippen molar-refractivity contribution in [2.75, 3.05) is 7.11 Å². The summed E-state index contributed by atoms with van der Waals surface area (Å²) in [7, 11) is 1.67. The van der Waals surface area contributed by atoms with Gasteiger partial charge in [-0.3, -0.25) is 4.79 Å². The van der Waals surface area contributed by atoms with Crippen LogP contribution in [0.25, 0.3) is 11.1 Å². The molecule has 4 rings (SSSR count). The molecule has 28 heavy (non-hydrogen) atoms. The molecule has 4 heteroatoms. The van der Waals surface area contributed by atoms with Gasteiger partial charge in [0.15, 0.2) is 0 Å². The Morgan fingerprint density at radius 3 is 2.43 bits per heavy atom. The van der Waals surface area contributed by atoms with Gasteiger partial charge in [0, 0.05) is 16.2 Å². The summed E-state index contributed by atoms with van der Waals surface area (Å²) in [6, 6.07) is 24.5. The van der Waals surface area contributed by atoms with Gasteiger partial charge in [0.05, 0.1) is 7.11 Å². The average molecular weight is 388 g/mol. The SMILES string of the molecule is COc1ccc2c(c1)Sc1ccccc1C(CCC(=O)O)=C2c1ccccc1. The molecule has 1 aliphatic heterocycles. The quantitative estimate of drug-likeness (QED) is 0.584. The van der Waals surface area contributed by atoms with Gasteiger partial charge < -0.3 is 9.84 Å². The Morgan fingerprint density at radius 1 is 0.929 bits per heavy atom. The highest BCUT2D eigenvalue weighted by atomic mass is 32.2. The van der Waals surface area contributed by atoms with E-state index in [1.54, 1.807) is 18.9 Å². The van der Waals surface area contributed by atoms with Crippen LogP contribution in [0.5, 0.6) is 5.75 Å².